The number of hydrogen-bond acceptors (Lipinski definition) is 3. The second-order valence-electron chi connectivity index (χ2n) is 8.37. The van der Waals surface area contributed by atoms with Gasteiger partial charge in [-0.3, -0.25) is 15.0 Å². The van der Waals surface area contributed by atoms with E-state index in [1.54, 1.807) is 0 Å². The Morgan fingerprint density at radius 2 is 1.82 bits per heavy atom. The maximum atomic E-state index is 13.1. The standard InChI is InChI=1S/C21H24FN3O2S/c1-10(2)14-9-15-11(3)8-16(14)18-17(15)19(26)25(20(18)27)24-21(28)23-13-6-4-12(22)5-7-13/h4-8,10,14-18H,9H2,1-3H3,(H2,23,24,28)/t14-,15+,16+,17?,18?/m1/s1. The van der Waals surface area contributed by atoms with E-state index in [0.29, 0.717) is 17.5 Å². The Morgan fingerprint density at radius 3 is 2.46 bits per heavy atom. The highest BCUT2D eigenvalue weighted by atomic mass is 32.1. The summed E-state index contributed by atoms with van der Waals surface area (Å²) < 4.78 is 13.0. The number of carbonyl (C=O) groups is 2. The van der Waals surface area contributed by atoms with Gasteiger partial charge in [-0.25, -0.2) is 4.39 Å². The number of imide groups is 1. The molecule has 2 fully saturated rings. The molecule has 5 atom stereocenters. The van der Waals surface area contributed by atoms with Crippen LogP contribution in [0.25, 0.3) is 0 Å². The summed E-state index contributed by atoms with van der Waals surface area (Å²) in [6.07, 6.45) is 3.17. The average Bonchev–Trinajstić information content (AvgIpc) is 2.90. The fourth-order valence-electron chi connectivity index (χ4n) is 5.15. The van der Waals surface area contributed by atoms with E-state index in [4.69, 9.17) is 12.2 Å². The molecule has 148 valence electrons. The minimum Gasteiger partial charge on any atom is -0.331 e. The van der Waals surface area contributed by atoms with Crippen molar-refractivity contribution in [2.45, 2.75) is 27.2 Å². The number of benzene rings is 1. The Labute approximate surface area is 169 Å². The highest BCUT2D eigenvalue weighted by Crippen LogP contribution is 2.56. The first-order chi connectivity index (χ1) is 13.3. The summed E-state index contributed by atoms with van der Waals surface area (Å²) in [5, 5.41) is 4.10. The van der Waals surface area contributed by atoms with Gasteiger partial charge in [-0.1, -0.05) is 25.5 Å². The van der Waals surface area contributed by atoms with Crippen molar-refractivity contribution < 1.29 is 14.0 Å². The molecule has 1 aromatic carbocycles. The van der Waals surface area contributed by atoms with E-state index in [1.165, 1.54) is 29.8 Å². The normalized spacial score (nSPS) is 31.1. The molecule has 28 heavy (non-hydrogen) atoms. The minimum absolute atomic E-state index is 0.0943. The van der Waals surface area contributed by atoms with E-state index in [0.717, 1.165) is 11.4 Å². The number of carbonyl (C=O) groups excluding carboxylic acids is 2. The number of thiocarbonyl (C=S) groups is 1. The number of halogens is 1. The van der Waals surface area contributed by atoms with Crippen LogP contribution in [0, 0.1) is 41.3 Å². The number of amides is 2. The van der Waals surface area contributed by atoms with E-state index in [9.17, 15) is 14.0 Å². The highest BCUT2D eigenvalue weighted by molar-refractivity contribution is 7.80. The minimum atomic E-state index is -0.351. The van der Waals surface area contributed by atoms with Gasteiger partial charge in [0.25, 0.3) is 11.8 Å². The summed E-state index contributed by atoms with van der Waals surface area (Å²) in [4.78, 5) is 26.2. The van der Waals surface area contributed by atoms with Gasteiger partial charge in [-0.15, -0.1) is 0 Å². The van der Waals surface area contributed by atoms with Crippen LogP contribution in [-0.4, -0.2) is 21.9 Å². The van der Waals surface area contributed by atoms with E-state index in [2.05, 4.69) is 37.6 Å². The predicted octanol–water partition coefficient (Wildman–Crippen LogP) is 3.50. The smallest absolute Gasteiger partial charge is 0.252 e. The van der Waals surface area contributed by atoms with Crippen LogP contribution in [-0.2, 0) is 9.59 Å². The maximum absolute atomic E-state index is 13.1. The summed E-state index contributed by atoms with van der Waals surface area (Å²) in [5.41, 5.74) is 4.56. The molecule has 2 unspecified atom stereocenters. The first-order valence-electron chi connectivity index (χ1n) is 9.67. The molecule has 3 aliphatic carbocycles. The zero-order valence-electron chi connectivity index (χ0n) is 16.1. The third-order valence-electron chi connectivity index (χ3n) is 6.48. The van der Waals surface area contributed by atoms with Crippen LogP contribution in [0.5, 0.6) is 0 Å². The fourth-order valence-corrected chi connectivity index (χ4v) is 5.36. The summed E-state index contributed by atoms with van der Waals surface area (Å²) in [7, 11) is 0. The third-order valence-corrected chi connectivity index (χ3v) is 6.67. The highest BCUT2D eigenvalue weighted by Gasteiger charge is 2.61. The fraction of sp³-hybridized carbons (Fsp3) is 0.476. The summed E-state index contributed by atoms with van der Waals surface area (Å²) in [5.74, 6) is -0.301. The Kier molecular flexibility index (Phi) is 4.73. The summed E-state index contributed by atoms with van der Waals surface area (Å²) in [6.45, 7) is 6.43. The predicted molar refractivity (Wildman–Crippen MR) is 108 cm³/mol. The van der Waals surface area contributed by atoms with Crippen LogP contribution in [0.3, 0.4) is 0 Å². The number of anilines is 1. The lowest BCUT2D eigenvalue weighted by Crippen LogP contribution is -2.48. The molecule has 1 heterocycles. The van der Waals surface area contributed by atoms with Gasteiger partial charge in [-0.2, -0.15) is 5.01 Å². The Hall–Kier alpha value is -2.28. The number of nitrogens with one attached hydrogen (secondary N) is 2. The van der Waals surface area contributed by atoms with Crippen LogP contribution >= 0.6 is 12.2 Å². The van der Waals surface area contributed by atoms with Gasteiger partial charge in [0.15, 0.2) is 5.11 Å². The number of fused-ring (bicyclic) bond motifs is 1. The molecule has 5 nitrogen and oxygen atoms in total. The molecule has 0 radical (unpaired) electrons. The lowest BCUT2D eigenvalue weighted by Gasteiger charge is -2.48. The second kappa shape index (κ2) is 6.95. The van der Waals surface area contributed by atoms with Crippen LogP contribution < -0.4 is 10.7 Å². The van der Waals surface area contributed by atoms with Crippen LogP contribution in [0.2, 0.25) is 0 Å². The Morgan fingerprint density at radius 1 is 1.18 bits per heavy atom. The van der Waals surface area contributed by atoms with E-state index in [1.807, 2.05) is 0 Å². The largest absolute Gasteiger partial charge is 0.331 e. The molecule has 1 aromatic rings. The van der Waals surface area contributed by atoms with Gasteiger partial charge in [0.05, 0.1) is 11.8 Å². The lowest BCUT2D eigenvalue weighted by atomic mass is 9.54. The van der Waals surface area contributed by atoms with Gasteiger partial charge < -0.3 is 5.32 Å². The van der Waals surface area contributed by atoms with Crippen molar-refractivity contribution in [1.29, 1.82) is 0 Å². The van der Waals surface area contributed by atoms with Crippen LogP contribution in [0.1, 0.15) is 27.2 Å². The molecular formula is C21H24FN3O2S. The van der Waals surface area contributed by atoms with E-state index in [-0.39, 0.29) is 46.4 Å². The first-order valence-corrected chi connectivity index (χ1v) is 10.1. The average molecular weight is 402 g/mol. The quantitative estimate of drug-likeness (QED) is 0.461. The first kappa shape index (κ1) is 19.1. The third kappa shape index (κ3) is 3.02. The monoisotopic (exact) mass is 401 g/mol. The second-order valence-corrected chi connectivity index (χ2v) is 8.78. The van der Waals surface area contributed by atoms with Gasteiger partial charge in [0, 0.05) is 5.69 Å². The number of hydrazine groups is 1. The zero-order valence-corrected chi connectivity index (χ0v) is 16.9. The molecule has 2 bridgehead atoms. The van der Waals surface area contributed by atoms with Crippen molar-refractivity contribution in [3.8, 4) is 0 Å². The molecular weight excluding hydrogens is 377 g/mol. The Balaban J connectivity index is 1.52. The van der Waals surface area contributed by atoms with Gasteiger partial charge >= 0.3 is 0 Å². The molecule has 2 N–H and O–H groups in total. The van der Waals surface area contributed by atoms with Crippen molar-refractivity contribution in [2.24, 2.45) is 35.5 Å². The van der Waals surface area contributed by atoms with Crippen molar-refractivity contribution >= 4 is 34.8 Å². The van der Waals surface area contributed by atoms with Crippen molar-refractivity contribution in [3.63, 3.8) is 0 Å². The SMILES string of the molecule is CC1=C[C@@H]2C3C(=O)N(NC(=S)Nc4ccc(F)cc4)C(=O)C3[C@H]1C[C@@H]2C(C)C. The molecule has 0 spiro atoms. The van der Waals surface area contributed by atoms with Gasteiger partial charge in [-0.05, 0) is 73.5 Å². The molecule has 0 aromatic heterocycles. The molecule has 4 aliphatic rings. The zero-order chi connectivity index (χ0) is 20.2. The number of nitrogens with zero attached hydrogens (tertiary/aromatic N) is 1. The van der Waals surface area contributed by atoms with Crippen molar-refractivity contribution in [1.82, 2.24) is 10.4 Å². The maximum Gasteiger partial charge on any atom is 0.252 e. The van der Waals surface area contributed by atoms with Crippen molar-refractivity contribution in [3.05, 3.63) is 41.7 Å². The molecule has 1 aliphatic heterocycles. The van der Waals surface area contributed by atoms with Crippen LogP contribution in [0.15, 0.2) is 35.9 Å². The lowest BCUT2D eigenvalue weighted by molar-refractivity contribution is -0.142. The molecule has 1 saturated carbocycles. The summed E-state index contributed by atoms with van der Waals surface area (Å²) >= 11 is 5.26. The van der Waals surface area contributed by atoms with Gasteiger partial charge in [0.2, 0.25) is 0 Å². The Bertz CT molecular complexity index is 867. The van der Waals surface area contributed by atoms with Crippen LogP contribution in [0.4, 0.5) is 10.1 Å². The van der Waals surface area contributed by atoms with Gasteiger partial charge in [0.1, 0.15) is 5.82 Å². The number of allylic oxidation sites excluding steroid dienone is 2. The molecule has 1 saturated heterocycles. The number of hydrogen-bond donors (Lipinski definition) is 2. The molecule has 2 amide bonds. The number of rotatable bonds is 3. The molecule has 5 rings (SSSR count). The van der Waals surface area contributed by atoms with E-state index < -0.39 is 0 Å². The topological polar surface area (TPSA) is 61.4 Å². The van der Waals surface area contributed by atoms with E-state index >= 15 is 0 Å². The molecule has 7 heteroatoms. The van der Waals surface area contributed by atoms with Crippen molar-refractivity contribution in [2.75, 3.05) is 5.32 Å². The summed E-state index contributed by atoms with van der Waals surface area (Å²) in [6, 6.07) is 5.70.